The van der Waals surface area contributed by atoms with Crippen LogP contribution in [0.3, 0.4) is 0 Å². The second kappa shape index (κ2) is 16.8. The first-order chi connectivity index (χ1) is 30.4. The molecule has 0 aromatic heterocycles. The van der Waals surface area contributed by atoms with E-state index >= 15 is 0 Å². The number of rotatable bonds is 11. The maximum atomic E-state index is 2.42. The molecule has 0 spiro atoms. The third-order valence-corrected chi connectivity index (χ3v) is 13.4. The van der Waals surface area contributed by atoms with Crippen LogP contribution in [0.4, 0.5) is 0 Å². The van der Waals surface area contributed by atoms with Gasteiger partial charge >= 0.3 is 0 Å². The van der Waals surface area contributed by atoms with Gasteiger partial charge in [0.15, 0.2) is 0 Å². The van der Waals surface area contributed by atoms with Crippen molar-refractivity contribution < 1.29 is 0 Å². The topological polar surface area (TPSA) is 0 Å². The van der Waals surface area contributed by atoms with Crippen LogP contribution >= 0.6 is 0 Å². The van der Waals surface area contributed by atoms with E-state index in [1.807, 2.05) is 0 Å². The van der Waals surface area contributed by atoms with Crippen LogP contribution in [0.25, 0.3) is 55.6 Å². The van der Waals surface area contributed by atoms with Gasteiger partial charge in [0, 0.05) is 11.3 Å². The molecule has 1 aliphatic carbocycles. The Morgan fingerprint density at radius 3 is 1.56 bits per heavy atom. The van der Waals surface area contributed by atoms with Crippen LogP contribution in [0.15, 0.2) is 218 Å². The molecule has 1 aliphatic rings. The van der Waals surface area contributed by atoms with Gasteiger partial charge in [-0.05, 0) is 132 Å². The molecule has 0 nitrogen and oxygen atoms in total. The molecule has 300 valence electrons. The highest BCUT2D eigenvalue weighted by Crippen LogP contribution is 2.50. The van der Waals surface area contributed by atoms with E-state index in [1.54, 1.807) is 0 Å². The van der Waals surface area contributed by atoms with Gasteiger partial charge in [0.2, 0.25) is 0 Å². The Labute approximate surface area is 368 Å². The lowest BCUT2D eigenvalue weighted by Gasteiger charge is -2.21. The molecule has 62 heavy (non-hydrogen) atoms. The first-order valence-corrected chi connectivity index (χ1v) is 22.2. The standard InChI is InChI=1S/C62H52/c1-43-28-30-52(42-58(43)56-24-11-10-21-53(56)41-54-23-15-27-60-61(54)57-25-12-13-26-59(57)62(60,2)3)51-22-14-16-44(40-51)29-39-55(49-35-31-47(32-36-49)45-17-6-4-7-18-45)50-37-33-48(34-38-50)46-19-8-5-9-20-46/h4-28,30-38,40,42,55H,29,39,41H2,1-3H3. The molecule has 0 heteroatoms. The molecule has 0 bridgehead atoms. The molecular formula is C62H52. The van der Waals surface area contributed by atoms with E-state index in [4.69, 9.17) is 0 Å². The van der Waals surface area contributed by atoms with E-state index < -0.39 is 0 Å². The highest BCUT2D eigenvalue weighted by Gasteiger charge is 2.36. The van der Waals surface area contributed by atoms with Crippen molar-refractivity contribution >= 4 is 0 Å². The number of benzene rings is 9. The molecule has 0 fully saturated rings. The zero-order chi connectivity index (χ0) is 42.0. The quantitative estimate of drug-likeness (QED) is 0.122. The Bertz CT molecular complexity index is 2900. The predicted octanol–water partition coefficient (Wildman–Crippen LogP) is 16.3. The summed E-state index contributed by atoms with van der Waals surface area (Å²) in [5, 5.41) is 0. The van der Waals surface area contributed by atoms with E-state index in [2.05, 4.69) is 239 Å². The predicted molar refractivity (Wildman–Crippen MR) is 263 cm³/mol. The van der Waals surface area contributed by atoms with Gasteiger partial charge in [-0.15, -0.1) is 0 Å². The Kier molecular flexibility index (Phi) is 10.6. The van der Waals surface area contributed by atoms with E-state index in [1.165, 1.54) is 100 Å². The lowest BCUT2D eigenvalue weighted by molar-refractivity contribution is 0.660. The van der Waals surface area contributed by atoms with Gasteiger partial charge in [0.05, 0.1) is 0 Å². The molecule has 9 aromatic carbocycles. The zero-order valence-electron chi connectivity index (χ0n) is 36.0. The van der Waals surface area contributed by atoms with Crippen LogP contribution in [-0.4, -0.2) is 0 Å². The SMILES string of the molecule is Cc1ccc(-c2cccc(CCC(c3ccc(-c4ccccc4)cc3)c3ccc(-c4ccccc4)cc3)c2)cc1-c1ccccc1Cc1cccc2c1-c1ccccc1C2(C)C. The van der Waals surface area contributed by atoms with Gasteiger partial charge in [-0.2, -0.15) is 0 Å². The normalized spacial score (nSPS) is 12.6. The molecule has 0 saturated carbocycles. The Balaban J connectivity index is 0.935. The van der Waals surface area contributed by atoms with Gasteiger partial charge in [0.25, 0.3) is 0 Å². The largest absolute Gasteiger partial charge is 0.0622 e. The minimum Gasteiger partial charge on any atom is -0.0622 e. The Morgan fingerprint density at radius 1 is 0.387 bits per heavy atom. The van der Waals surface area contributed by atoms with Crippen molar-refractivity contribution in [1.82, 2.24) is 0 Å². The Morgan fingerprint density at radius 2 is 0.887 bits per heavy atom. The fourth-order valence-corrected chi connectivity index (χ4v) is 10.0. The monoisotopic (exact) mass is 796 g/mol. The van der Waals surface area contributed by atoms with Gasteiger partial charge < -0.3 is 0 Å². The molecule has 9 aromatic rings. The van der Waals surface area contributed by atoms with Crippen molar-refractivity contribution in [2.45, 2.75) is 51.4 Å². The van der Waals surface area contributed by atoms with Crippen LogP contribution in [0.5, 0.6) is 0 Å². The van der Waals surface area contributed by atoms with Gasteiger partial charge in [-0.3, -0.25) is 0 Å². The van der Waals surface area contributed by atoms with E-state index in [0.29, 0.717) is 0 Å². The average molecular weight is 797 g/mol. The molecule has 0 saturated heterocycles. The van der Waals surface area contributed by atoms with Gasteiger partial charge in [0.1, 0.15) is 0 Å². The summed E-state index contributed by atoms with van der Waals surface area (Å²) in [5.41, 5.74) is 23.9. The van der Waals surface area contributed by atoms with Crippen molar-refractivity contribution in [3.63, 3.8) is 0 Å². The third kappa shape index (κ3) is 7.63. The van der Waals surface area contributed by atoms with Crippen LogP contribution in [-0.2, 0) is 18.3 Å². The van der Waals surface area contributed by atoms with E-state index in [-0.39, 0.29) is 11.3 Å². The fourth-order valence-electron chi connectivity index (χ4n) is 10.0. The van der Waals surface area contributed by atoms with Crippen molar-refractivity contribution in [3.05, 3.63) is 263 Å². The van der Waals surface area contributed by atoms with E-state index in [0.717, 1.165) is 19.3 Å². The number of hydrogen-bond donors (Lipinski definition) is 0. The summed E-state index contributed by atoms with van der Waals surface area (Å²) in [6.07, 6.45) is 2.87. The maximum Gasteiger partial charge on any atom is 0.0158 e. The summed E-state index contributed by atoms with van der Waals surface area (Å²) in [6.45, 7) is 6.99. The van der Waals surface area contributed by atoms with Crippen LogP contribution in [0, 0.1) is 6.92 Å². The summed E-state index contributed by atoms with van der Waals surface area (Å²) in [7, 11) is 0. The lowest BCUT2D eigenvalue weighted by Crippen LogP contribution is -2.14. The number of aryl methyl sites for hydroxylation is 2. The molecule has 10 rings (SSSR count). The summed E-state index contributed by atoms with van der Waals surface area (Å²) in [5.74, 6) is 0.265. The average Bonchev–Trinajstić information content (AvgIpc) is 3.57. The van der Waals surface area contributed by atoms with Crippen molar-refractivity contribution in [1.29, 1.82) is 0 Å². The first-order valence-electron chi connectivity index (χ1n) is 22.2. The van der Waals surface area contributed by atoms with Crippen molar-refractivity contribution in [3.8, 4) is 55.6 Å². The van der Waals surface area contributed by atoms with Gasteiger partial charge in [-0.1, -0.05) is 226 Å². The molecule has 0 heterocycles. The first kappa shape index (κ1) is 39.1. The lowest BCUT2D eigenvalue weighted by atomic mass is 9.82. The molecule has 0 unspecified atom stereocenters. The van der Waals surface area contributed by atoms with Crippen LogP contribution in [0.2, 0.25) is 0 Å². The minimum absolute atomic E-state index is 0.00982. The van der Waals surface area contributed by atoms with Crippen LogP contribution < -0.4 is 0 Å². The summed E-state index contributed by atoms with van der Waals surface area (Å²) >= 11 is 0. The third-order valence-electron chi connectivity index (χ3n) is 13.4. The fraction of sp³-hybridized carbons (Fsp3) is 0.129. The van der Waals surface area contributed by atoms with Crippen molar-refractivity contribution in [2.24, 2.45) is 0 Å². The summed E-state index contributed by atoms with van der Waals surface area (Å²) < 4.78 is 0. The number of hydrogen-bond acceptors (Lipinski definition) is 0. The smallest absolute Gasteiger partial charge is 0.0158 e. The maximum absolute atomic E-state index is 2.42. The summed E-state index contributed by atoms with van der Waals surface area (Å²) in [4.78, 5) is 0. The molecule has 0 N–H and O–H groups in total. The molecular weight excluding hydrogens is 745 g/mol. The molecule has 0 aliphatic heterocycles. The molecule has 0 amide bonds. The Hall–Kier alpha value is -7.02. The minimum atomic E-state index is -0.00982. The molecule has 0 atom stereocenters. The highest BCUT2D eigenvalue weighted by molar-refractivity contribution is 5.84. The van der Waals surface area contributed by atoms with E-state index in [9.17, 15) is 0 Å². The number of fused-ring (bicyclic) bond motifs is 3. The van der Waals surface area contributed by atoms with Gasteiger partial charge in [-0.25, -0.2) is 0 Å². The van der Waals surface area contributed by atoms with Crippen molar-refractivity contribution in [2.75, 3.05) is 0 Å². The second-order valence-corrected chi connectivity index (χ2v) is 17.6. The second-order valence-electron chi connectivity index (χ2n) is 17.6. The highest BCUT2D eigenvalue weighted by atomic mass is 14.4. The summed E-state index contributed by atoms with van der Waals surface area (Å²) in [6, 6.07) is 81.1. The zero-order valence-corrected chi connectivity index (χ0v) is 36.0. The van der Waals surface area contributed by atoms with Crippen LogP contribution in [0.1, 0.15) is 70.7 Å². The molecule has 0 radical (unpaired) electrons.